The van der Waals surface area contributed by atoms with Crippen LogP contribution in [0.1, 0.15) is 50.7 Å². The number of anilines is 1. The third-order valence-corrected chi connectivity index (χ3v) is 6.90. The Balaban J connectivity index is 2.64. The third kappa shape index (κ3) is 6.06. The minimum atomic E-state index is -5.07. The molecule has 2 N–H and O–H groups in total. The second kappa shape index (κ2) is 8.98. The van der Waals surface area contributed by atoms with Crippen LogP contribution in [0, 0.1) is 11.3 Å². The van der Waals surface area contributed by atoms with Gasteiger partial charge in [0.15, 0.2) is 14.7 Å². The number of hydrogen-bond donors (Lipinski definition) is 2. The summed E-state index contributed by atoms with van der Waals surface area (Å²) in [5.74, 6) is -0.435. The van der Waals surface area contributed by atoms with Gasteiger partial charge in [0, 0.05) is 11.7 Å². The number of nitrogens with zero attached hydrogens (tertiary/aromatic N) is 1. The molecule has 0 unspecified atom stereocenters. The molecule has 0 atom stereocenters. The zero-order chi connectivity index (χ0) is 23.6. The van der Waals surface area contributed by atoms with Crippen LogP contribution in [-0.2, 0) is 22.2 Å². The van der Waals surface area contributed by atoms with Gasteiger partial charge in [-0.3, -0.25) is 0 Å². The maximum absolute atomic E-state index is 13.1. The second-order valence-corrected chi connectivity index (χ2v) is 9.90. The number of alkyl halides is 6. The van der Waals surface area contributed by atoms with Crippen molar-refractivity contribution in [3.05, 3.63) is 40.1 Å². The van der Waals surface area contributed by atoms with E-state index in [1.165, 1.54) is 19.9 Å². The van der Waals surface area contributed by atoms with E-state index in [0.29, 0.717) is 25.0 Å². The van der Waals surface area contributed by atoms with E-state index < -0.39 is 55.0 Å². The van der Waals surface area contributed by atoms with Crippen LogP contribution in [0.2, 0.25) is 0 Å². The summed E-state index contributed by atoms with van der Waals surface area (Å²) in [6.45, 7) is 2.62. The summed E-state index contributed by atoms with van der Waals surface area (Å²) < 4.78 is 104. The first-order chi connectivity index (χ1) is 14.2. The molecule has 0 heterocycles. The molecule has 2 rings (SSSR count). The fourth-order valence-corrected chi connectivity index (χ4v) is 4.09. The minimum Gasteiger partial charge on any atom is -0.367 e. The van der Waals surface area contributed by atoms with Crippen molar-refractivity contribution >= 4 is 15.5 Å². The van der Waals surface area contributed by atoms with E-state index in [1.54, 1.807) is 0 Å². The zero-order valence-corrected chi connectivity index (χ0v) is 17.5. The summed E-state index contributed by atoms with van der Waals surface area (Å²) in [5, 5.41) is 13.5. The Labute approximate surface area is 176 Å². The summed E-state index contributed by atoms with van der Waals surface area (Å²) in [6.07, 6.45) is -7.29. The quantitative estimate of drug-likeness (QED) is 0.443. The first kappa shape index (κ1) is 24.8. The van der Waals surface area contributed by atoms with Gasteiger partial charge in [-0.25, -0.2) is 8.42 Å². The zero-order valence-electron chi connectivity index (χ0n) is 16.7. The van der Waals surface area contributed by atoms with Crippen molar-refractivity contribution in [3.63, 3.8) is 0 Å². The maximum atomic E-state index is 13.1. The van der Waals surface area contributed by atoms with Crippen LogP contribution < -0.4 is 10.6 Å². The van der Waals surface area contributed by atoms with Gasteiger partial charge in [0.1, 0.15) is 11.9 Å². The number of hydrogen-bond acceptors (Lipinski definition) is 5. The first-order valence-corrected chi connectivity index (χ1v) is 10.9. The fraction of sp³-hybridized carbons (Fsp3) is 0.526. The Hall–Kier alpha value is -2.42. The molecule has 12 heteroatoms. The van der Waals surface area contributed by atoms with Crippen LogP contribution in [-0.4, -0.2) is 19.7 Å². The Bertz CT molecular complexity index is 953. The summed E-state index contributed by atoms with van der Waals surface area (Å²) in [5.41, 5.74) is -3.76. The van der Waals surface area contributed by atoms with Crippen molar-refractivity contribution in [2.75, 3.05) is 5.32 Å². The largest absolute Gasteiger partial charge is 0.416 e. The average molecular weight is 469 g/mol. The molecule has 0 radical (unpaired) electrons. The van der Waals surface area contributed by atoms with Gasteiger partial charge in [0.2, 0.25) is 0 Å². The van der Waals surface area contributed by atoms with Gasteiger partial charge in [-0.2, -0.15) is 31.6 Å². The van der Waals surface area contributed by atoms with Gasteiger partial charge in [0.25, 0.3) is 0 Å². The lowest BCUT2D eigenvalue weighted by molar-refractivity contribution is -0.143. The Morgan fingerprint density at radius 2 is 1.52 bits per heavy atom. The number of rotatable bonds is 6. The van der Waals surface area contributed by atoms with Crippen LogP contribution >= 0.6 is 0 Å². The van der Waals surface area contributed by atoms with Crippen LogP contribution in [0.15, 0.2) is 28.9 Å². The van der Waals surface area contributed by atoms with Crippen molar-refractivity contribution in [2.45, 2.75) is 63.2 Å². The van der Waals surface area contributed by atoms with Crippen molar-refractivity contribution in [3.8, 4) is 6.07 Å². The van der Waals surface area contributed by atoms with Crippen molar-refractivity contribution in [1.82, 2.24) is 5.32 Å². The Morgan fingerprint density at radius 3 is 1.90 bits per heavy atom. The highest BCUT2D eigenvalue weighted by molar-refractivity contribution is 7.96. The molecular formula is C19H21F6N3O2S. The molecule has 1 aliphatic carbocycles. The van der Waals surface area contributed by atoms with Crippen molar-refractivity contribution in [2.24, 2.45) is 0 Å². The van der Waals surface area contributed by atoms with Gasteiger partial charge in [-0.15, -0.1) is 0 Å². The Morgan fingerprint density at radius 1 is 1.03 bits per heavy atom. The predicted molar refractivity (Wildman–Crippen MR) is 102 cm³/mol. The summed E-state index contributed by atoms with van der Waals surface area (Å²) in [4.78, 5) is -0.777. The lowest BCUT2D eigenvalue weighted by Gasteiger charge is -2.22. The van der Waals surface area contributed by atoms with Crippen LogP contribution in [0.25, 0.3) is 0 Å². The molecule has 1 aliphatic rings. The number of nitrogens with one attached hydrogen (secondary N) is 2. The van der Waals surface area contributed by atoms with E-state index in [1.807, 2.05) is 0 Å². The standard InChI is InChI=1S/C19H21F6N3O2S/c1-11(2)31(29,30)16(10-26)17(27-14-5-3-4-6-14)28-15-8-12(18(20,21)22)7-13(9-15)19(23,24)25/h7-9,11,14,27-28H,3-6H2,1-2H3. The molecule has 0 aromatic heterocycles. The highest BCUT2D eigenvalue weighted by atomic mass is 32.2. The molecule has 0 aliphatic heterocycles. The molecule has 0 saturated heterocycles. The molecule has 31 heavy (non-hydrogen) atoms. The second-order valence-electron chi connectivity index (χ2n) is 7.45. The minimum absolute atomic E-state index is 0.0327. The molecule has 1 fully saturated rings. The SMILES string of the molecule is CC(C)S(=O)(=O)C(C#N)=C(Nc1cc(C(F)(F)F)cc(C(F)(F)F)c1)NC1CCCC1. The van der Waals surface area contributed by atoms with E-state index in [9.17, 15) is 40.0 Å². The number of benzene rings is 1. The Kier molecular flexibility index (Phi) is 7.20. The lowest BCUT2D eigenvalue weighted by Crippen LogP contribution is -2.33. The van der Waals surface area contributed by atoms with Crippen LogP contribution in [0.3, 0.4) is 0 Å². The predicted octanol–water partition coefficient (Wildman–Crippen LogP) is 5.18. The van der Waals surface area contributed by atoms with Crippen LogP contribution in [0.5, 0.6) is 0 Å². The molecule has 1 aromatic rings. The molecule has 1 saturated carbocycles. The lowest BCUT2D eigenvalue weighted by atomic mass is 10.1. The first-order valence-electron chi connectivity index (χ1n) is 9.37. The van der Waals surface area contributed by atoms with Gasteiger partial charge in [0.05, 0.1) is 16.4 Å². The van der Waals surface area contributed by atoms with Crippen LogP contribution in [0.4, 0.5) is 32.0 Å². The topological polar surface area (TPSA) is 82.0 Å². The molecule has 0 amide bonds. The van der Waals surface area contributed by atoms with E-state index in [4.69, 9.17) is 0 Å². The smallest absolute Gasteiger partial charge is 0.367 e. The highest BCUT2D eigenvalue weighted by Crippen LogP contribution is 2.38. The molecule has 172 valence electrons. The summed E-state index contributed by atoms with van der Waals surface area (Å²) in [6, 6.07) is 2.09. The fourth-order valence-electron chi connectivity index (χ4n) is 3.10. The van der Waals surface area contributed by atoms with Gasteiger partial charge in [-0.05, 0) is 44.9 Å². The molecule has 5 nitrogen and oxygen atoms in total. The van der Waals surface area contributed by atoms with Gasteiger partial charge >= 0.3 is 12.4 Å². The van der Waals surface area contributed by atoms with E-state index in [0.717, 1.165) is 12.8 Å². The maximum Gasteiger partial charge on any atom is 0.416 e. The van der Waals surface area contributed by atoms with E-state index in [2.05, 4.69) is 10.6 Å². The monoisotopic (exact) mass is 469 g/mol. The molecular weight excluding hydrogens is 448 g/mol. The number of nitriles is 1. The number of allylic oxidation sites excluding steroid dienone is 1. The van der Waals surface area contributed by atoms with E-state index in [-0.39, 0.29) is 12.1 Å². The van der Waals surface area contributed by atoms with E-state index >= 15 is 0 Å². The number of halogens is 6. The average Bonchev–Trinajstić information content (AvgIpc) is 3.13. The normalized spacial score (nSPS) is 16.8. The third-order valence-electron chi connectivity index (χ3n) is 4.79. The highest BCUT2D eigenvalue weighted by Gasteiger charge is 2.37. The van der Waals surface area contributed by atoms with Crippen molar-refractivity contribution < 1.29 is 34.8 Å². The van der Waals surface area contributed by atoms with Gasteiger partial charge < -0.3 is 10.6 Å². The summed E-state index contributed by atoms with van der Waals surface area (Å²) >= 11 is 0. The van der Waals surface area contributed by atoms with Crippen molar-refractivity contribution in [1.29, 1.82) is 5.26 Å². The molecule has 0 spiro atoms. The molecule has 1 aromatic carbocycles. The van der Waals surface area contributed by atoms with Gasteiger partial charge in [-0.1, -0.05) is 12.8 Å². The number of sulfone groups is 1. The molecule has 0 bridgehead atoms. The summed E-state index contributed by atoms with van der Waals surface area (Å²) in [7, 11) is -4.18.